The van der Waals surface area contributed by atoms with Crippen molar-refractivity contribution >= 4 is 5.69 Å². The zero-order chi connectivity index (χ0) is 15.2. The van der Waals surface area contributed by atoms with Gasteiger partial charge in [0.2, 0.25) is 11.8 Å². The summed E-state index contributed by atoms with van der Waals surface area (Å²) in [4.78, 5) is 7.99. The van der Waals surface area contributed by atoms with Gasteiger partial charge in [0, 0.05) is 0 Å². The Morgan fingerprint density at radius 1 is 1.24 bits per heavy atom. The SMILES string of the molecule is COc1ncnc(OC)c1CNc1ccc(F)cc1C#N. The van der Waals surface area contributed by atoms with Gasteiger partial charge < -0.3 is 14.8 Å². The lowest BCUT2D eigenvalue weighted by Gasteiger charge is -2.13. The molecule has 0 bridgehead atoms. The minimum atomic E-state index is -0.463. The Hall–Kier alpha value is -2.88. The summed E-state index contributed by atoms with van der Waals surface area (Å²) in [5.41, 5.74) is 1.33. The van der Waals surface area contributed by atoms with Gasteiger partial charge in [0.1, 0.15) is 18.2 Å². The Morgan fingerprint density at radius 3 is 2.48 bits per heavy atom. The molecule has 1 N–H and O–H groups in total. The van der Waals surface area contributed by atoms with Crippen molar-refractivity contribution in [3.8, 4) is 17.8 Å². The fraction of sp³-hybridized carbons (Fsp3) is 0.214. The maximum absolute atomic E-state index is 13.1. The maximum atomic E-state index is 13.1. The highest BCUT2D eigenvalue weighted by Gasteiger charge is 2.13. The first-order chi connectivity index (χ1) is 10.2. The van der Waals surface area contributed by atoms with Gasteiger partial charge in [0.25, 0.3) is 0 Å². The average Bonchev–Trinajstić information content (AvgIpc) is 2.53. The highest BCUT2D eigenvalue weighted by Crippen LogP contribution is 2.25. The van der Waals surface area contributed by atoms with Crippen LogP contribution >= 0.6 is 0 Å². The molecule has 108 valence electrons. The van der Waals surface area contributed by atoms with Crippen LogP contribution < -0.4 is 14.8 Å². The van der Waals surface area contributed by atoms with Gasteiger partial charge in [-0.3, -0.25) is 0 Å². The number of nitrogens with one attached hydrogen (secondary N) is 1. The predicted octanol–water partition coefficient (Wildman–Crippen LogP) is 2.12. The molecule has 0 radical (unpaired) electrons. The zero-order valence-electron chi connectivity index (χ0n) is 11.6. The lowest BCUT2D eigenvalue weighted by atomic mass is 10.2. The number of anilines is 1. The van der Waals surface area contributed by atoms with Crippen molar-refractivity contribution < 1.29 is 13.9 Å². The van der Waals surface area contributed by atoms with Gasteiger partial charge in [-0.2, -0.15) is 5.26 Å². The molecule has 2 rings (SSSR count). The number of hydrogen-bond acceptors (Lipinski definition) is 6. The van der Waals surface area contributed by atoms with Gasteiger partial charge in [-0.05, 0) is 18.2 Å². The molecule has 0 fully saturated rings. The highest BCUT2D eigenvalue weighted by atomic mass is 19.1. The van der Waals surface area contributed by atoms with Crippen LogP contribution in [0.2, 0.25) is 0 Å². The number of benzene rings is 1. The number of nitriles is 1. The van der Waals surface area contributed by atoms with Crippen LogP contribution in [0.1, 0.15) is 11.1 Å². The van der Waals surface area contributed by atoms with Gasteiger partial charge in [0.15, 0.2) is 0 Å². The number of aromatic nitrogens is 2. The van der Waals surface area contributed by atoms with Crippen molar-refractivity contribution in [2.45, 2.75) is 6.54 Å². The molecule has 0 unspecified atom stereocenters. The molecule has 0 aliphatic rings. The molecule has 21 heavy (non-hydrogen) atoms. The summed E-state index contributed by atoms with van der Waals surface area (Å²) in [6.07, 6.45) is 1.33. The average molecular weight is 288 g/mol. The predicted molar refractivity (Wildman–Crippen MR) is 73.6 cm³/mol. The summed E-state index contributed by atoms with van der Waals surface area (Å²) in [7, 11) is 2.98. The standard InChI is InChI=1S/C14H13FN4O2/c1-20-13-11(14(21-2)19-8-18-13)7-17-12-4-3-10(15)5-9(12)6-16/h3-5,8,17H,7H2,1-2H3. The number of hydrogen-bond donors (Lipinski definition) is 1. The van der Waals surface area contributed by atoms with Crippen LogP contribution in [0.4, 0.5) is 10.1 Å². The van der Waals surface area contributed by atoms with Gasteiger partial charge in [-0.15, -0.1) is 0 Å². The zero-order valence-corrected chi connectivity index (χ0v) is 11.6. The minimum Gasteiger partial charge on any atom is -0.481 e. The third-order valence-corrected chi connectivity index (χ3v) is 2.81. The van der Waals surface area contributed by atoms with Gasteiger partial charge >= 0.3 is 0 Å². The Labute approximate surface area is 121 Å². The molecule has 0 amide bonds. The van der Waals surface area contributed by atoms with E-state index in [0.717, 1.165) is 6.07 Å². The summed E-state index contributed by atoms with van der Waals surface area (Å²) in [5, 5.41) is 12.0. The number of nitrogens with zero attached hydrogens (tertiary/aromatic N) is 3. The van der Waals surface area contributed by atoms with Crippen LogP contribution in [0.5, 0.6) is 11.8 Å². The van der Waals surface area contributed by atoms with E-state index < -0.39 is 5.82 Å². The normalized spacial score (nSPS) is 9.81. The van der Waals surface area contributed by atoms with E-state index in [0.29, 0.717) is 23.0 Å². The second kappa shape index (κ2) is 6.52. The maximum Gasteiger partial charge on any atom is 0.225 e. The van der Waals surface area contributed by atoms with E-state index in [1.54, 1.807) is 0 Å². The largest absolute Gasteiger partial charge is 0.481 e. The van der Waals surface area contributed by atoms with Crippen LogP contribution in [0.3, 0.4) is 0 Å². The van der Waals surface area contributed by atoms with Gasteiger partial charge in [0.05, 0.1) is 37.6 Å². The fourth-order valence-corrected chi connectivity index (χ4v) is 1.83. The molecule has 1 heterocycles. The number of methoxy groups -OCH3 is 2. The van der Waals surface area contributed by atoms with Crippen molar-refractivity contribution in [1.29, 1.82) is 5.26 Å². The molecule has 6 nitrogen and oxygen atoms in total. The van der Waals surface area contributed by atoms with Crippen molar-refractivity contribution in [1.82, 2.24) is 9.97 Å². The van der Waals surface area contributed by atoms with Crippen LogP contribution in [0.25, 0.3) is 0 Å². The Kier molecular flexibility index (Phi) is 4.51. The fourth-order valence-electron chi connectivity index (χ4n) is 1.83. The topological polar surface area (TPSA) is 80.1 Å². The Bertz CT molecular complexity index is 663. The van der Waals surface area contributed by atoms with Crippen LogP contribution in [-0.2, 0) is 6.54 Å². The first-order valence-electron chi connectivity index (χ1n) is 6.05. The molecule has 1 aromatic carbocycles. The highest BCUT2D eigenvalue weighted by molar-refractivity contribution is 5.58. The van der Waals surface area contributed by atoms with E-state index in [1.165, 1.54) is 32.7 Å². The Morgan fingerprint density at radius 2 is 1.90 bits per heavy atom. The van der Waals surface area contributed by atoms with Crippen LogP contribution in [-0.4, -0.2) is 24.2 Å². The summed E-state index contributed by atoms with van der Waals surface area (Å²) < 4.78 is 23.4. The molecular formula is C14H13FN4O2. The van der Waals surface area contributed by atoms with Crippen molar-refractivity contribution in [2.75, 3.05) is 19.5 Å². The number of halogens is 1. The van der Waals surface area contributed by atoms with Crippen molar-refractivity contribution in [2.24, 2.45) is 0 Å². The lowest BCUT2D eigenvalue weighted by Crippen LogP contribution is -2.07. The molecule has 0 spiro atoms. The summed E-state index contributed by atoms with van der Waals surface area (Å²) in [6.45, 7) is 0.271. The van der Waals surface area contributed by atoms with Gasteiger partial charge in [-0.25, -0.2) is 14.4 Å². The minimum absolute atomic E-state index is 0.213. The first-order valence-corrected chi connectivity index (χ1v) is 6.05. The quantitative estimate of drug-likeness (QED) is 0.907. The third-order valence-electron chi connectivity index (χ3n) is 2.81. The lowest BCUT2D eigenvalue weighted by molar-refractivity contribution is 0.363. The van der Waals surface area contributed by atoms with E-state index in [4.69, 9.17) is 14.7 Å². The molecule has 1 aromatic heterocycles. The number of rotatable bonds is 5. The molecule has 2 aromatic rings. The molecule has 0 atom stereocenters. The van der Waals surface area contributed by atoms with E-state index >= 15 is 0 Å². The van der Waals surface area contributed by atoms with E-state index in [1.807, 2.05) is 6.07 Å². The van der Waals surface area contributed by atoms with Gasteiger partial charge in [-0.1, -0.05) is 0 Å². The van der Waals surface area contributed by atoms with E-state index in [2.05, 4.69) is 15.3 Å². The van der Waals surface area contributed by atoms with Crippen molar-refractivity contribution in [3.63, 3.8) is 0 Å². The Balaban J connectivity index is 2.27. The summed E-state index contributed by atoms with van der Waals surface area (Å²) in [5.74, 6) is 0.278. The summed E-state index contributed by atoms with van der Waals surface area (Å²) in [6, 6.07) is 5.87. The molecule has 0 aliphatic heterocycles. The molecule has 0 aliphatic carbocycles. The first kappa shape index (κ1) is 14.5. The smallest absolute Gasteiger partial charge is 0.225 e. The van der Waals surface area contributed by atoms with E-state index in [9.17, 15) is 4.39 Å². The van der Waals surface area contributed by atoms with Crippen LogP contribution in [0.15, 0.2) is 24.5 Å². The second-order valence-electron chi connectivity index (χ2n) is 4.03. The third kappa shape index (κ3) is 3.17. The molecule has 0 saturated heterocycles. The monoisotopic (exact) mass is 288 g/mol. The van der Waals surface area contributed by atoms with Crippen molar-refractivity contribution in [3.05, 3.63) is 41.5 Å². The molecule has 7 heteroatoms. The number of ether oxygens (including phenoxy) is 2. The van der Waals surface area contributed by atoms with Crippen LogP contribution in [0, 0.1) is 17.1 Å². The molecular weight excluding hydrogens is 275 g/mol. The second-order valence-corrected chi connectivity index (χ2v) is 4.03. The summed E-state index contributed by atoms with van der Waals surface area (Å²) >= 11 is 0. The molecule has 0 saturated carbocycles. The van der Waals surface area contributed by atoms with E-state index in [-0.39, 0.29) is 12.1 Å².